The molecule has 0 atom stereocenters. The number of hydrogen-bond donors (Lipinski definition) is 2. The summed E-state index contributed by atoms with van der Waals surface area (Å²) >= 11 is 0.994. The fraction of sp³-hybridized carbons (Fsp3) is 0.185. The number of amides is 2. The van der Waals surface area contributed by atoms with Crippen LogP contribution < -0.4 is 20.1 Å². The average Bonchev–Trinajstić information content (AvgIpc) is 3.37. The first-order valence-corrected chi connectivity index (χ1v) is 12.8. The molecule has 9 nitrogen and oxygen atoms in total. The highest BCUT2D eigenvalue weighted by Gasteiger charge is 2.33. The summed E-state index contributed by atoms with van der Waals surface area (Å²) in [6.07, 6.45) is -4.61. The maximum atomic E-state index is 13.3. The van der Waals surface area contributed by atoms with Crippen molar-refractivity contribution in [2.45, 2.75) is 17.9 Å². The van der Waals surface area contributed by atoms with E-state index < -0.39 is 23.6 Å². The predicted molar refractivity (Wildman–Crippen MR) is 143 cm³/mol. The van der Waals surface area contributed by atoms with Gasteiger partial charge in [-0.1, -0.05) is 42.1 Å². The van der Waals surface area contributed by atoms with Gasteiger partial charge >= 0.3 is 6.18 Å². The summed E-state index contributed by atoms with van der Waals surface area (Å²) in [4.78, 5) is 25.4. The minimum absolute atomic E-state index is 0.00797. The number of methoxy groups -OCH3 is 2. The lowest BCUT2D eigenvalue weighted by Crippen LogP contribution is -2.24. The quantitative estimate of drug-likeness (QED) is 0.259. The highest BCUT2D eigenvalue weighted by molar-refractivity contribution is 7.99. The number of nitrogens with one attached hydrogen (secondary N) is 2. The van der Waals surface area contributed by atoms with Crippen molar-refractivity contribution in [2.75, 3.05) is 25.3 Å². The van der Waals surface area contributed by atoms with Crippen LogP contribution >= 0.6 is 11.8 Å². The molecule has 40 heavy (non-hydrogen) atoms. The van der Waals surface area contributed by atoms with Gasteiger partial charge in [-0.3, -0.25) is 14.2 Å². The molecule has 0 saturated heterocycles. The molecule has 2 N–H and O–H groups in total. The number of carbonyl (C=O) groups excluding carboxylic acids is 2. The predicted octanol–water partition coefficient (Wildman–Crippen LogP) is 4.96. The van der Waals surface area contributed by atoms with Gasteiger partial charge in [0.1, 0.15) is 11.5 Å². The van der Waals surface area contributed by atoms with Crippen LogP contribution in [0.3, 0.4) is 0 Å². The minimum atomic E-state index is -4.61. The summed E-state index contributed by atoms with van der Waals surface area (Å²) in [5, 5.41) is 13.8. The van der Waals surface area contributed by atoms with E-state index in [2.05, 4.69) is 20.8 Å². The lowest BCUT2D eigenvalue weighted by Gasteiger charge is -2.14. The third kappa shape index (κ3) is 6.91. The largest absolute Gasteiger partial charge is 0.497 e. The smallest absolute Gasteiger partial charge is 0.418 e. The molecule has 4 aromatic rings. The van der Waals surface area contributed by atoms with Crippen LogP contribution in [0.5, 0.6) is 11.5 Å². The summed E-state index contributed by atoms with van der Waals surface area (Å²) in [6.45, 7) is -0.00797. The van der Waals surface area contributed by atoms with Crippen LogP contribution in [0.1, 0.15) is 21.7 Å². The number of rotatable bonds is 10. The van der Waals surface area contributed by atoms with Gasteiger partial charge in [0.2, 0.25) is 5.91 Å². The van der Waals surface area contributed by atoms with E-state index in [4.69, 9.17) is 9.47 Å². The van der Waals surface area contributed by atoms with Crippen molar-refractivity contribution in [3.05, 3.63) is 89.7 Å². The fourth-order valence-corrected chi connectivity index (χ4v) is 4.47. The third-order valence-corrected chi connectivity index (χ3v) is 6.50. The highest BCUT2D eigenvalue weighted by atomic mass is 32.2. The summed E-state index contributed by atoms with van der Waals surface area (Å²) in [7, 11) is 2.96. The van der Waals surface area contributed by atoms with Gasteiger partial charge in [0, 0.05) is 17.3 Å². The van der Waals surface area contributed by atoms with Crippen LogP contribution in [0.25, 0.3) is 5.69 Å². The number of anilines is 1. The highest BCUT2D eigenvalue weighted by Crippen LogP contribution is 2.34. The van der Waals surface area contributed by atoms with E-state index in [1.54, 1.807) is 47.0 Å². The van der Waals surface area contributed by atoms with Gasteiger partial charge in [-0.2, -0.15) is 13.2 Å². The van der Waals surface area contributed by atoms with E-state index in [9.17, 15) is 22.8 Å². The average molecular weight is 572 g/mol. The molecule has 1 heterocycles. The van der Waals surface area contributed by atoms with Gasteiger partial charge in [-0.05, 0) is 36.4 Å². The Bertz CT molecular complexity index is 1470. The minimum Gasteiger partial charge on any atom is -0.497 e. The molecule has 3 aromatic carbocycles. The summed E-state index contributed by atoms with van der Waals surface area (Å²) in [6, 6.07) is 18.5. The summed E-state index contributed by atoms with van der Waals surface area (Å²) in [5.41, 5.74) is -0.285. The van der Waals surface area contributed by atoms with Crippen molar-refractivity contribution >= 4 is 29.3 Å². The lowest BCUT2D eigenvalue weighted by molar-refractivity contribution is -0.137. The van der Waals surface area contributed by atoms with E-state index >= 15 is 0 Å². The van der Waals surface area contributed by atoms with Crippen LogP contribution in [0.2, 0.25) is 0 Å². The maximum Gasteiger partial charge on any atom is 0.418 e. The molecule has 2 amide bonds. The van der Waals surface area contributed by atoms with E-state index in [0.717, 1.165) is 17.8 Å². The Morgan fingerprint density at radius 2 is 1.57 bits per heavy atom. The molecule has 0 fully saturated rings. The van der Waals surface area contributed by atoms with Crippen molar-refractivity contribution in [2.24, 2.45) is 0 Å². The van der Waals surface area contributed by atoms with Crippen LogP contribution in [-0.4, -0.2) is 46.6 Å². The number of halogens is 3. The standard InChI is InChI=1S/C27H24F3N5O4S/c1-38-19-12-17(13-20(14-19)39-2)25(37)31-15-23-33-34-26(35(23)18-8-4-3-5-9-18)40-16-24(36)32-22-11-7-6-10-21(22)27(28,29)30/h3-14H,15-16H2,1-2H3,(H,31,37)(H,32,36). The Morgan fingerprint density at radius 3 is 2.23 bits per heavy atom. The van der Waals surface area contributed by atoms with Crippen molar-refractivity contribution in [3.8, 4) is 17.2 Å². The molecule has 0 unspecified atom stereocenters. The molecule has 1 aromatic heterocycles. The number of nitrogens with zero attached hydrogens (tertiary/aromatic N) is 3. The Morgan fingerprint density at radius 1 is 0.925 bits per heavy atom. The van der Waals surface area contributed by atoms with Gasteiger partial charge in [-0.25, -0.2) is 0 Å². The van der Waals surface area contributed by atoms with E-state index in [0.29, 0.717) is 33.7 Å². The number of para-hydroxylation sites is 2. The number of alkyl halides is 3. The van der Waals surface area contributed by atoms with Crippen LogP contribution in [-0.2, 0) is 17.5 Å². The molecular formula is C27H24F3N5O4S. The zero-order chi connectivity index (χ0) is 28.7. The fourth-order valence-electron chi connectivity index (χ4n) is 3.70. The Hall–Kier alpha value is -4.52. The number of ether oxygens (including phenoxy) is 2. The SMILES string of the molecule is COc1cc(OC)cc(C(=O)NCc2nnc(SCC(=O)Nc3ccccc3C(F)(F)F)n2-c2ccccc2)c1. The molecule has 0 aliphatic carbocycles. The van der Waals surface area contributed by atoms with Crippen LogP contribution in [0.15, 0.2) is 78.0 Å². The Labute approximate surface area is 231 Å². The number of benzene rings is 3. The molecule has 13 heteroatoms. The topological polar surface area (TPSA) is 107 Å². The van der Waals surface area contributed by atoms with Crippen LogP contribution in [0, 0.1) is 0 Å². The number of carbonyl (C=O) groups is 2. The van der Waals surface area contributed by atoms with Crippen molar-refractivity contribution in [1.82, 2.24) is 20.1 Å². The molecule has 0 aliphatic rings. The van der Waals surface area contributed by atoms with Gasteiger partial charge < -0.3 is 20.1 Å². The van der Waals surface area contributed by atoms with E-state index in [1.165, 1.54) is 32.4 Å². The summed E-state index contributed by atoms with van der Waals surface area (Å²) in [5.74, 6) is -0.00577. The number of hydrogen-bond acceptors (Lipinski definition) is 7. The first-order chi connectivity index (χ1) is 19.2. The second-order valence-electron chi connectivity index (χ2n) is 8.23. The molecule has 208 valence electrons. The molecule has 0 spiro atoms. The summed E-state index contributed by atoms with van der Waals surface area (Å²) < 4.78 is 52.0. The van der Waals surface area contributed by atoms with Gasteiger partial charge in [0.15, 0.2) is 11.0 Å². The molecular weight excluding hydrogens is 547 g/mol. The molecule has 4 rings (SSSR count). The van der Waals surface area contributed by atoms with Gasteiger partial charge in [0.05, 0.1) is 37.8 Å². The first kappa shape index (κ1) is 28.5. The normalized spacial score (nSPS) is 11.1. The van der Waals surface area contributed by atoms with Crippen molar-refractivity contribution in [3.63, 3.8) is 0 Å². The van der Waals surface area contributed by atoms with Crippen molar-refractivity contribution < 1.29 is 32.2 Å². The Kier molecular flexibility index (Phi) is 8.94. The third-order valence-electron chi connectivity index (χ3n) is 5.57. The van der Waals surface area contributed by atoms with Crippen LogP contribution in [0.4, 0.5) is 18.9 Å². The zero-order valence-corrected chi connectivity index (χ0v) is 22.2. The maximum absolute atomic E-state index is 13.3. The lowest BCUT2D eigenvalue weighted by atomic mass is 10.1. The second kappa shape index (κ2) is 12.6. The van der Waals surface area contributed by atoms with E-state index in [-0.39, 0.29) is 18.0 Å². The molecule has 0 bridgehead atoms. The molecule has 0 radical (unpaired) electrons. The number of thioether (sulfide) groups is 1. The van der Waals surface area contributed by atoms with Crippen molar-refractivity contribution in [1.29, 1.82) is 0 Å². The van der Waals surface area contributed by atoms with Gasteiger partial charge in [-0.15, -0.1) is 10.2 Å². The molecule has 0 saturated carbocycles. The monoisotopic (exact) mass is 571 g/mol. The van der Waals surface area contributed by atoms with Gasteiger partial charge in [0.25, 0.3) is 5.91 Å². The Balaban J connectivity index is 1.50. The van der Waals surface area contributed by atoms with E-state index in [1.807, 2.05) is 6.07 Å². The first-order valence-electron chi connectivity index (χ1n) is 11.8. The molecule has 0 aliphatic heterocycles. The number of aromatic nitrogens is 3. The second-order valence-corrected chi connectivity index (χ2v) is 9.18. The zero-order valence-electron chi connectivity index (χ0n) is 21.4.